The van der Waals surface area contributed by atoms with E-state index in [1.807, 2.05) is 26.8 Å². The predicted molar refractivity (Wildman–Crippen MR) is 70.5 cm³/mol. The monoisotopic (exact) mass is 251 g/mol. The molecular formula is C14H21NO3. The first-order valence-corrected chi connectivity index (χ1v) is 6.00. The minimum absolute atomic E-state index is 0.0272. The van der Waals surface area contributed by atoms with Crippen molar-refractivity contribution in [2.75, 3.05) is 6.61 Å². The van der Waals surface area contributed by atoms with Crippen LogP contribution in [0.1, 0.15) is 39.4 Å². The minimum atomic E-state index is -0.544. The van der Waals surface area contributed by atoms with Gasteiger partial charge in [-0.15, -0.1) is 0 Å². The Morgan fingerprint density at radius 1 is 1.44 bits per heavy atom. The molecule has 1 amide bonds. The fourth-order valence-corrected chi connectivity index (χ4v) is 1.47. The maximum Gasteiger partial charge on any atom is 0.258 e. The van der Waals surface area contributed by atoms with Gasteiger partial charge in [0.05, 0.1) is 6.10 Å². The van der Waals surface area contributed by atoms with Gasteiger partial charge in [0, 0.05) is 5.54 Å². The van der Waals surface area contributed by atoms with Crippen LogP contribution in [0.4, 0.5) is 0 Å². The molecule has 1 aromatic carbocycles. The van der Waals surface area contributed by atoms with Crippen LogP contribution in [0.3, 0.4) is 0 Å². The SMILES string of the molecule is C[C@@H](O)c1cccc(OCC(=O)NC(C)(C)C)c1. The lowest BCUT2D eigenvalue weighted by atomic mass is 10.1. The Balaban J connectivity index is 2.53. The molecule has 0 heterocycles. The number of hydrogen-bond donors (Lipinski definition) is 2. The largest absolute Gasteiger partial charge is 0.484 e. The van der Waals surface area contributed by atoms with Crippen LogP contribution >= 0.6 is 0 Å². The van der Waals surface area contributed by atoms with Crippen molar-refractivity contribution in [3.05, 3.63) is 29.8 Å². The van der Waals surface area contributed by atoms with Crippen molar-refractivity contribution in [1.82, 2.24) is 5.32 Å². The zero-order valence-electron chi connectivity index (χ0n) is 11.4. The Kier molecular flexibility index (Phi) is 4.73. The summed E-state index contributed by atoms with van der Waals surface area (Å²) in [6.45, 7) is 7.41. The summed E-state index contributed by atoms with van der Waals surface area (Å²) in [7, 11) is 0. The molecule has 0 bridgehead atoms. The zero-order chi connectivity index (χ0) is 13.8. The normalized spacial score (nSPS) is 12.9. The first-order valence-electron chi connectivity index (χ1n) is 6.00. The third-order valence-electron chi connectivity index (χ3n) is 2.22. The van der Waals surface area contributed by atoms with Crippen LogP contribution in [0.15, 0.2) is 24.3 Å². The third-order valence-corrected chi connectivity index (χ3v) is 2.22. The molecule has 0 spiro atoms. The van der Waals surface area contributed by atoms with Crippen molar-refractivity contribution in [3.63, 3.8) is 0 Å². The highest BCUT2D eigenvalue weighted by molar-refractivity contribution is 5.78. The van der Waals surface area contributed by atoms with Gasteiger partial charge in [-0.3, -0.25) is 4.79 Å². The molecule has 0 radical (unpaired) electrons. The molecule has 1 atom stereocenters. The molecule has 0 aromatic heterocycles. The van der Waals surface area contributed by atoms with Crippen molar-refractivity contribution in [3.8, 4) is 5.75 Å². The second-order valence-electron chi connectivity index (χ2n) is 5.34. The molecule has 0 aliphatic rings. The van der Waals surface area contributed by atoms with Gasteiger partial charge in [-0.2, -0.15) is 0 Å². The van der Waals surface area contributed by atoms with Gasteiger partial charge in [0.25, 0.3) is 5.91 Å². The molecule has 0 aliphatic heterocycles. The number of aliphatic hydroxyl groups is 1. The first-order chi connectivity index (χ1) is 8.28. The highest BCUT2D eigenvalue weighted by Gasteiger charge is 2.14. The van der Waals surface area contributed by atoms with Crippen LogP contribution in [0, 0.1) is 0 Å². The molecule has 0 saturated heterocycles. The number of aliphatic hydroxyl groups excluding tert-OH is 1. The van der Waals surface area contributed by atoms with E-state index < -0.39 is 6.10 Å². The van der Waals surface area contributed by atoms with Crippen LogP contribution in [-0.4, -0.2) is 23.2 Å². The Bertz CT molecular complexity index is 408. The first kappa shape index (κ1) is 14.5. The Labute approximate surface area is 108 Å². The van der Waals surface area contributed by atoms with E-state index in [1.54, 1.807) is 25.1 Å². The van der Waals surface area contributed by atoms with Crippen LogP contribution in [-0.2, 0) is 4.79 Å². The Morgan fingerprint density at radius 3 is 2.67 bits per heavy atom. The summed E-state index contributed by atoms with van der Waals surface area (Å²) in [5.41, 5.74) is 0.505. The molecule has 4 nitrogen and oxygen atoms in total. The second kappa shape index (κ2) is 5.87. The minimum Gasteiger partial charge on any atom is -0.484 e. The summed E-state index contributed by atoms with van der Waals surface area (Å²) < 4.78 is 5.38. The van der Waals surface area contributed by atoms with E-state index in [-0.39, 0.29) is 18.1 Å². The summed E-state index contributed by atoms with van der Waals surface area (Å²) in [5, 5.41) is 12.3. The van der Waals surface area contributed by atoms with Gasteiger partial charge in [0.1, 0.15) is 5.75 Å². The lowest BCUT2D eigenvalue weighted by Crippen LogP contribution is -2.43. The average Bonchev–Trinajstić information content (AvgIpc) is 2.24. The number of hydrogen-bond acceptors (Lipinski definition) is 3. The number of rotatable bonds is 4. The fraction of sp³-hybridized carbons (Fsp3) is 0.500. The third kappa shape index (κ3) is 5.19. The van der Waals surface area contributed by atoms with Crippen molar-refractivity contribution in [2.24, 2.45) is 0 Å². The van der Waals surface area contributed by atoms with Gasteiger partial charge >= 0.3 is 0 Å². The lowest BCUT2D eigenvalue weighted by Gasteiger charge is -2.20. The standard InChI is InChI=1S/C14H21NO3/c1-10(16)11-6-5-7-12(8-11)18-9-13(17)15-14(2,3)4/h5-8,10,16H,9H2,1-4H3,(H,15,17)/t10-/m1/s1. The number of carbonyl (C=O) groups is 1. The van der Waals surface area contributed by atoms with Gasteiger partial charge in [-0.25, -0.2) is 0 Å². The second-order valence-corrected chi connectivity index (χ2v) is 5.34. The number of carbonyl (C=O) groups excluding carboxylic acids is 1. The van der Waals surface area contributed by atoms with E-state index in [1.165, 1.54) is 0 Å². The average molecular weight is 251 g/mol. The van der Waals surface area contributed by atoms with Crippen molar-refractivity contribution in [1.29, 1.82) is 0 Å². The highest BCUT2D eigenvalue weighted by atomic mass is 16.5. The molecule has 18 heavy (non-hydrogen) atoms. The summed E-state index contributed by atoms with van der Waals surface area (Å²) in [6.07, 6.45) is -0.544. The van der Waals surface area contributed by atoms with E-state index in [4.69, 9.17) is 4.74 Å². The Morgan fingerprint density at radius 2 is 2.11 bits per heavy atom. The molecule has 1 aromatic rings. The maximum absolute atomic E-state index is 11.6. The highest BCUT2D eigenvalue weighted by Crippen LogP contribution is 2.18. The molecular weight excluding hydrogens is 230 g/mol. The van der Waals surface area contributed by atoms with Crippen LogP contribution in [0.2, 0.25) is 0 Å². The number of ether oxygens (including phenoxy) is 1. The van der Waals surface area contributed by atoms with E-state index in [9.17, 15) is 9.90 Å². The zero-order valence-corrected chi connectivity index (χ0v) is 11.4. The smallest absolute Gasteiger partial charge is 0.258 e. The molecule has 4 heteroatoms. The fourth-order valence-electron chi connectivity index (χ4n) is 1.47. The summed E-state index contributed by atoms with van der Waals surface area (Å²) in [4.78, 5) is 11.6. The quantitative estimate of drug-likeness (QED) is 0.861. The molecule has 2 N–H and O–H groups in total. The van der Waals surface area contributed by atoms with Gasteiger partial charge in [0.2, 0.25) is 0 Å². The van der Waals surface area contributed by atoms with Gasteiger partial charge in [-0.05, 0) is 45.4 Å². The van der Waals surface area contributed by atoms with Crippen molar-refractivity contribution >= 4 is 5.91 Å². The number of benzene rings is 1. The molecule has 0 aliphatic carbocycles. The van der Waals surface area contributed by atoms with E-state index in [0.29, 0.717) is 5.75 Å². The summed E-state index contributed by atoms with van der Waals surface area (Å²) in [5.74, 6) is 0.419. The molecule has 0 unspecified atom stereocenters. The summed E-state index contributed by atoms with van der Waals surface area (Å²) in [6, 6.07) is 7.09. The topological polar surface area (TPSA) is 58.6 Å². The molecule has 1 rings (SSSR count). The van der Waals surface area contributed by atoms with E-state index in [2.05, 4.69) is 5.32 Å². The molecule has 100 valence electrons. The van der Waals surface area contributed by atoms with Gasteiger partial charge in [-0.1, -0.05) is 12.1 Å². The van der Waals surface area contributed by atoms with Crippen LogP contribution in [0.25, 0.3) is 0 Å². The van der Waals surface area contributed by atoms with E-state index >= 15 is 0 Å². The van der Waals surface area contributed by atoms with Crippen LogP contribution in [0.5, 0.6) is 5.75 Å². The number of nitrogens with one attached hydrogen (secondary N) is 1. The van der Waals surface area contributed by atoms with Crippen LogP contribution < -0.4 is 10.1 Å². The van der Waals surface area contributed by atoms with Gasteiger partial charge < -0.3 is 15.2 Å². The molecule has 0 fully saturated rings. The van der Waals surface area contributed by atoms with Crippen molar-refractivity contribution < 1.29 is 14.6 Å². The maximum atomic E-state index is 11.6. The lowest BCUT2D eigenvalue weighted by molar-refractivity contribution is -0.124. The van der Waals surface area contributed by atoms with Gasteiger partial charge in [0.15, 0.2) is 6.61 Å². The van der Waals surface area contributed by atoms with Crippen molar-refractivity contribution in [2.45, 2.75) is 39.3 Å². The summed E-state index contributed by atoms with van der Waals surface area (Å²) >= 11 is 0. The predicted octanol–water partition coefficient (Wildman–Crippen LogP) is 2.03. The Hall–Kier alpha value is -1.55. The molecule has 0 saturated carbocycles. The van der Waals surface area contributed by atoms with E-state index in [0.717, 1.165) is 5.56 Å². The number of amides is 1.